The van der Waals surface area contributed by atoms with Crippen molar-refractivity contribution in [3.05, 3.63) is 59.0 Å². The van der Waals surface area contributed by atoms with Crippen molar-refractivity contribution in [3.63, 3.8) is 0 Å². The molecule has 0 saturated carbocycles. The first-order chi connectivity index (χ1) is 15.6. The van der Waals surface area contributed by atoms with Crippen LogP contribution in [0, 0.1) is 17.7 Å². The lowest BCUT2D eigenvalue weighted by atomic mass is 9.93. The van der Waals surface area contributed by atoms with Gasteiger partial charge in [0.05, 0.1) is 17.7 Å². The fourth-order valence-electron chi connectivity index (χ4n) is 3.69. The van der Waals surface area contributed by atoms with Gasteiger partial charge < -0.3 is 20.1 Å². The first kappa shape index (κ1) is 24.7. The summed E-state index contributed by atoms with van der Waals surface area (Å²) in [5, 5.41) is 10.4. The minimum atomic E-state index is -5.08. The number of alkyl halides is 3. The monoisotopic (exact) mass is 489 g/mol. The zero-order valence-corrected chi connectivity index (χ0v) is 17.8. The Labute approximate surface area is 191 Å². The highest BCUT2D eigenvalue weighted by Crippen LogP contribution is 2.34. The van der Waals surface area contributed by atoms with Gasteiger partial charge in [0.25, 0.3) is 5.91 Å². The van der Waals surface area contributed by atoms with Crippen LogP contribution in [-0.2, 0) is 9.53 Å². The number of carbonyl (C=O) groups is 2. The number of carboxylic acids is 1. The van der Waals surface area contributed by atoms with Crippen LogP contribution in [0.3, 0.4) is 0 Å². The number of anilines is 1. The number of carbonyl (C=O) groups excluding carboxylic acids is 1. The van der Waals surface area contributed by atoms with Crippen LogP contribution >= 0.6 is 11.6 Å². The molecule has 12 heteroatoms. The van der Waals surface area contributed by atoms with E-state index in [-0.39, 0.29) is 23.0 Å². The van der Waals surface area contributed by atoms with E-state index in [9.17, 15) is 22.4 Å². The van der Waals surface area contributed by atoms with Gasteiger partial charge in [-0.1, -0.05) is 17.7 Å². The van der Waals surface area contributed by atoms with E-state index in [2.05, 4.69) is 10.3 Å². The zero-order valence-electron chi connectivity index (χ0n) is 17.1. The number of likely N-dealkylation sites (tertiary alicyclic amines) is 1. The molecule has 1 aromatic heterocycles. The summed E-state index contributed by atoms with van der Waals surface area (Å²) in [4.78, 5) is 27.6. The Morgan fingerprint density at radius 1 is 1.24 bits per heavy atom. The number of benzene rings is 1. The Kier molecular flexibility index (Phi) is 7.75. The predicted octanol–water partition coefficient (Wildman–Crippen LogP) is 3.71. The number of rotatable bonds is 4. The normalized spacial score (nSPS) is 21.7. The second-order valence-corrected chi connectivity index (χ2v) is 7.94. The molecule has 2 aliphatic rings. The van der Waals surface area contributed by atoms with E-state index < -0.39 is 18.0 Å². The van der Waals surface area contributed by atoms with Gasteiger partial charge in [-0.15, -0.1) is 0 Å². The highest BCUT2D eigenvalue weighted by molar-refractivity contribution is 6.31. The van der Waals surface area contributed by atoms with Gasteiger partial charge in [-0.05, 0) is 30.3 Å². The average Bonchev–Trinajstić information content (AvgIpc) is 3.35. The van der Waals surface area contributed by atoms with Crippen LogP contribution in [0.1, 0.15) is 10.4 Å². The summed E-state index contributed by atoms with van der Waals surface area (Å²) in [7, 11) is 0. The zero-order chi connectivity index (χ0) is 24.2. The van der Waals surface area contributed by atoms with E-state index in [1.807, 2.05) is 18.2 Å². The molecule has 7 nitrogen and oxygen atoms in total. The largest absolute Gasteiger partial charge is 0.490 e. The maximum Gasteiger partial charge on any atom is 0.490 e. The van der Waals surface area contributed by atoms with Crippen LogP contribution in [-0.4, -0.2) is 65.4 Å². The van der Waals surface area contributed by atoms with Gasteiger partial charge >= 0.3 is 12.1 Å². The summed E-state index contributed by atoms with van der Waals surface area (Å²) in [6.07, 6.45) is -3.29. The number of hydrogen-bond donors (Lipinski definition) is 2. The van der Waals surface area contributed by atoms with E-state index in [4.69, 9.17) is 26.2 Å². The fourth-order valence-corrected chi connectivity index (χ4v) is 3.87. The molecule has 2 aromatic rings. The third-order valence-corrected chi connectivity index (χ3v) is 5.64. The van der Waals surface area contributed by atoms with Crippen molar-refractivity contribution in [3.8, 4) is 0 Å². The van der Waals surface area contributed by atoms with Crippen LogP contribution in [0.5, 0.6) is 0 Å². The van der Waals surface area contributed by atoms with Crippen molar-refractivity contribution in [1.82, 2.24) is 9.88 Å². The van der Waals surface area contributed by atoms with E-state index >= 15 is 0 Å². The molecule has 1 amide bonds. The van der Waals surface area contributed by atoms with Gasteiger partial charge in [0, 0.05) is 43.2 Å². The van der Waals surface area contributed by atoms with Crippen molar-refractivity contribution < 1.29 is 37.0 Å². The third kappa shape index (κ3) is 6.32. The van der Waals surface area contributed by atoms with Gasteiger partial charge in [-0.25, -0.2) is 14.2 Å². The molecule has 2 aliphatic heterocycles. The molecule has 33 heavy (non-hydrogen) atoms. The lowest BCUT2D eigenvalue weighted by molar-refractivity contribution is -0.192. The van der Waals surface area contributed by atoms with E-state index in [1.54, 1.807) is 11.1 Å². The molecule has 0 radical (unpaired) electrons. The second-order valence-electron chi connectivity index (χ2n) is 7.53. The van der Waals surface area contributed by atoms with Crippen molar-refractivity contribution in [2.45, 2.75) is 12.3 Å². The molecule has 3 atom stereocenters. The van der Waals surface area contributed by atoms with Crippen LogP contribution in [0.25, 0.3) is 0 Å². The number of fused-ring (bicyclic) bond motifs is 1. The molecule has 1 aromatic carbocycles. The number of carboxylic acid groups (broad SMARTS) is 1. The van der Waals surface area contributed by atoms with Crippen molar-refractivity contribution >= 4 is 29.3 Å². The number of nitrogens with zero attached hydrogens (tertiary/aromatic N) is 2. The number of pyridine rings is 1. The summed E-state index contributed by atoms with van der Waals surface area (Å²) in [5.74, 6) is -1.98. The van der Waals surface area contributed by atoms with Gasteiger partial charge in [0.15, 0.2) is 0 Å². The number of nitrogens with one attached hydrogen (secondary N) is 1. The number of aliphatic carboxylic acids is 1. The molecule has 2 N–H and O–H groups in total. The summed E-state index contributed by atoms with van der Waals surface area (Å²) in [5.41, 5.74) is 0.402. The van der Waals surface area contributed by atoms with E-state index in [0.717, 1.165) is 12.4 Å². The maximum absolute atomic E-state index is 13.3. The van der Waals surface area contributed by atoms with E-state index in [0.29, 0.717) is 31.2 Å². The number of hydrogen-bond acceptors (Lipinski definition) is 5. The van der Waals surface area contributed by atoms with Crippen molar-refractivity contribution in [2.75, 3.05) is 31.6 Å². The Hall–Kier alpha value is -2.92. The number of aromatic nitrogens is 1. The molecule has 178 valence electrons. The Morgan fingerprint density at radius 3 is 2.58 bits per heavy atom. The lowest BCUT2D eigenvalue weighted by Crippen LogP contribution is -2.32. The van der Waals surface area contributed by atoms with Crippen LogP contribution < -0.4 is 5.32 Å². The second kappa shape index (κ2) is 10.3. The van der Waals surface area contributed by atoms with Crippen LogP contribution in [0.2, 0.25) is 5.02 Å². The quantitative estimate of drug-likeness (QED) is 0.636. The summed E-state index contributed by atoms with van der Waals surface area (Å²) in [6, 6.07) is 9.82. The molecular formula is C21H20ClF4N3O4. The van der Waals surface area contributed by atoms with Gasteiger partial charge in [0.1, 0.15) is 11.6 Å². The number of halogens is 5. The van der Waals surface area contributed by atoms with Gasteiger partial charge in [0.2, 0.25) is 0 Å². The Morgan fingerprint density at radius 2 is 1.97 bits per heavy atom. The Balaban J connectivity index is 0.000000383. The molecule has 2 fully saturated rings. The molecule has 0 bridgehead atoms. The predicted molar refractivity (Wildman–Crippen MR) is 110 cm³/mol. The first-order valence-corrected chi connectivity index (χ1v) is 10.2. The minimum absolute atomic E-state index is 0.0380. The van der Waals surface area contributed by atoms with Gasteiger partial charge in [-0.3, -0.25) is 4.79 Å². The smallest absolute Gasteiger partial charge is 0.475 e. The summed E-state index contributed by atoms with van der Waals surface area (Å²) in [6.45, 7) is 2.62. The molecule has 0 spiro atoms. The average molecular weight is 490 g/mol. The SMILES string of the molecule is O=C(O)C(F)(F)F.O=C(c1ccc(F)c(Cl)c1)N1C[C@@H]2[C@@H](CNc3ccccn3)CO[C@@H]2C1. The topological polar surface area (TPSA) is 91.8 Å². The van der Waals surface area contributed by atoms with E-state index in [1.165, 1.54) is 18.2 Å². The van der Waals surface area contributed by atoms with Crippen molar-refractivity contribution in [2.24, 2.45) is 11.8 Å². The lowest BCUT2D eigenvalue weighted by Gasteiger charge is -2.20. The summed E-state index contributed by atoms with van der Waals surface area (Å²) >= 11 is 5.80. The maximum atomic E-state index is 13.3. The first-order valence-electron chi connectivity index (χ1n) is 9.87. The standard InChI is InChI=1S/C19H19ClFN3O2.C2HF3O2/c20-15-7-12(4-5-16(15)21)19(25)24-9-14-13(11-26-17(14)10-24)8-23-18-3-1-2-6-22-18;3-2(4,5)1(6)7/h1-7,13-14,17H,8-11H2,(H,22,23);(H,6,7)/t13-,14+,17+;/m0./s1. The molecule has 0 unspecified atom stereocenters. The molecule has 3 heterocycles. The van der Waals surface area contributed by atoms with Gasteiger partial charge in [-0.2, -0.15) is 13.2 Å². The highest BCUT2D eigenvalue weighted by Gasteiger charge is 2.45. The highest BCUT2D eigenvalue weighted by atomic mass is 35.5. The minimum Gasteiger partial charge on any atom is -0.475 e. The van der Waals surface area contributed by atoms with Crippen LogP contribution in [0.15, 0.2) is 42.6 Å². The fraction of sp³-hybridized carbons (Fsp3) is 0.381. The summed E-state index contributed by atoms with van der Waals surface area (Å²) < 4.78 is 50.9. The molecular weight excluding hydrogens is 470 g/mol. The molecule has 2 saturated heterocycles. The third-order valence-electron chi connectivity index (χ3n) is 5.35. The number of ether oxygens (including phenoxy) is 1. The van der Waals surface area contributed by atoms with Crippen molar-refractivity contribution in [1.29, 1.82) is 0 Å². The van der Waals surface area contributed by atoms with Crippen LogP contribution in [0.4, 0.5) is 23.4 Å². The Bertz CT molecular complexity index is 993. The molecule has 0 aliphatic carbocycles. The number of amides is 1. The molecule has 4 rings (SSSR count).